The van der Waals surface area contributed by atoms with Gasteiger partial charge in [0.15, 0.2) is 0 Å². The summed E-state index contributed by atoms with van der Waals surface area (Å²) in [6.07, 6.45) is 2.71. The average molecular weight is 169 g/mol. The van der Waals surface area contributed by atoms with Crippen molar-refractivity contribution in [2.45, 2.75) is 46.6 Å². The first-order valence-corrected chi connectivity index (χ1v) is 5.40. The molecule has 1 aliphatic heterocycles. The maximum atomic E-state index is 3.59. The lowest BCUT2D eigenvalue weighted by Gasteiger charge is -2.27. The van der Waals surface area contributed by atoms with Crippen molar-refractivity contribution in [1.29, 1.82) is 0 Å². The second-order valence-electron chi connectivity index (χ2n) is 4.42. The van der Waals surface area contributed by atoms with Crippen molar-refractivity contribution in [3.8, 4) is 0 Å². The Kier molecular flexibility index (Phi) is 3.57. The van der Waals surface area contributed by atoms with Crippen LogP contribution in [0.2, 0.25) is 0 Å². The monoisotopic (exact) mass is 169 g/mol. The minimum atomic E-state index is 0.705. The quantitative estimate of drug-likeness (QED) is 0.636. The fraction of sp³-hybridized carbons (Fsp3) is 1.00. The van der Waals surface area contributed by atoms with Gasteiger partial charge in [-0.3, -0.25) is 0 Å². The Labute approximate surface area is 76.9 Å². The van der Waals surface area contributed by atoms with Crippen LogP contribution in [-0.2, 0) is 0 Å². The molecule has 0 aromatic carbocycles. The van der Waals surface area contributed by atoms with Gasteiger partial charge in [-0.25, -0.2) is 0 Å². The van der Waals surface area contributed by atoms with Gasteiger partial charge in [-0.15, -0.1) is 0 Å². The first-order chi connectivity index (χ1) is 5.66. The molecule has 0 radical (unpaired) electrons. The summed E-state index contributed by atoms with van der Waals surface area (Å²) in [6, 6.07) is 0.705. The van der Waals surface area contributed by atoms with Crippen LogP contribution in [-0.4, -0.2) is 12.6 Å². The molecule has 1 heteroatoms. The topological polar surface area (TPSA) is 12.0 Å². The maximum absolute atomic E-state index is 3.59. The van der Waals surface area contributed by atoms with Gasteiger partial charge in [0.05, 0.1) is 0 Å². The highest BCUT2D eigenvalue weighted by molar-refractivity contribution is 4.81. The zero-order chi connectivity index (χ0) is 9.14. The Morgan fingerprint density at radius 1 is 1.17 bits per heavy atom. The molecule has 0 bridgehead atoms. The molecule has 1 fully saturated rings. The Morgan fingerprint density at radius 2 is 1.83 bits per heavy atom. The van der Waals surface area contributed by atoms with Gasteiger partial charge in [-0.2, -0.15) is 0 Å². The van der Waals surface area contributed by atoms with Gasteiger partial charge in [-0.05, 0) is 37.6 Å². The third-order valence-corrected chi connectivity index (χ3v) is 3.87. The Bertz CT molecular complexity index is 131. The lowest BCUT2D eigenvalue weighted by molar-refractivity contribution is 0.243. The number of hydrogen-bond acceptors (Lipinski definition) is 1. The highest BCUT2D eigenvalue weighted by Gasteiger charge is 2.27. The van der Waals surface area contributed by atoms with Gasteiger partial charge < -0.3 is 5.32 Å². The molecule has 1 N–H and O–H groups in total. The van der Waals surface area contributed by atoms with Crippen molar-refractivity contribution in [2.75, 3.05) is 6.54 Å². The van der Waals surface area contributed by atoms with E-state index >= 15 is 0 Å². The van der Waals surface area contributed by atoms with Crippen LogP contribution in [0.15, 0.2) is 0 Å². The Morgan fingerprint density at radius 3 is 2.42 bits per heavy atom. The maximum Gasteiger partial charge on any atom is 0.00670 e. The molecule has 4 unspecified atom stereocenters. The molecule has 1 rings (SSSR count). The molecule has 1 nitrogen and oxygen atoms in total. The van der Waals surface area contributed by atoms with Gasteiger partial charge in [0.1, 0.15) is 0 Å². The molecule has 4 atom stereocenters. The molecule has 0 aromatic heterocycles. The van der Waals surface area contributed by atoms with Crippen LogP contribution in [0, 0.1) is 17.8 Å². The summed E-state index contributed by atoms with van der Waals surface area (Å²) in [5.74, 6) is 2.66. The molecule has 1 saturated heterocycles. The second kappa shape index (κ2) is 4.27. The molecule has 1 aliphatic rings. The van der Waals surface area contributed by atoms with Crippen LogP contribution >= 0.6 is 0 Å². The van der Waals surface area contributed by atoms with Gasteiger partial charge >= 0.3 is 0 Å². The van der Waals surface area contributed by atoms with Crippen molar-refractivity contribution in [3.05, 3.63) is 0 Å². The van der Waals surface area contributed by atoms with Crippen molar-refractivity contribution in [3.63, 3.8) is 0 Å². The van der Waals surface area contributed by atoms with Crippen molar-refractivity contribution >= 4 is 0 Å². The largest absolute Gasteiger partial charge is 0.314 e. The lowest BCUT2D eigenvalue weighted by Crippen LogP contribution is -2.33. The zero-order valence-corrected chi connectivity index (χ0v) is 8.93. The normalized spacial score (nSPS) is 44.0. The molecular weight excluding hydrogens is 146 g/mol. The van der Waals surface area contributed by atoms with Crippen LogP contribution in [0.5, 0.6) is 0 Å². The zero-order valence-electron chi connectivity index (χ0n) is 8.93. The van der Waals surface area contributed by atoms with Gasteiger partial charge in [0.25, 0.3) is 0 Å². The van der Waals surface area contributed by atoms with Crippen LogP contribution in [0.4, 0.5) is 0 Å². The predicted octanol–water partition coefficient (Wildman–Crippen LogP) is 2.67. The summed E-state index contributed by atoms with van der Waals surface area (Å²) < 4.78 is 0. The van der Waals surface area contributed by atoms with E-state index in [-0.39, 0.29) is 0 Å². The third-order valence-electron chi connectivity index (χ3n) is 3.87. The standard InChI is InChI=1S/C11H23N/c1-5-11-6-7-12-10(4)8(2)9(11)3/h8-12H,5-7H2,1-4H3. The number of hydrogen-bond donors (Lipinski definition) is 1. The molecule has 0 spiro atoms. The summed E-state index contributed by atoms with van der Waals surface area (Å²) >= 11 is 0. The molecular formula is C11H23N. The molecule has 1 heterocycles. The highest BCUT2D eigenvalue weighted by atomic mass is 14.9. The molecule has 72 valence electrons. The Hall–Kier alpha value is -0.0400. The van der Waals surface area contributed by atoms with E-state index in [2.05, 4.69) is 33.0 Å². The summed E-state index contributed by atoms with van der Waals surface area (Å²) in [6.45, 7) is 10.7. The number of nitrogens with one attached hydrogen (secondary N) is 1. The van der Waals surface area contributed by atoms with E-state index in [9.17, 15) is 0 Å². The summed E-state index contributed by atoms with van der Waals surface area (Å²) in [7, 11) is 0. The van der Waals surface area contributed by atoms with Gasteiger partial charge in [-0.1, -0.05) is 27.2 Å². The second-order valence-corrected chi connectivity index (χ2v) is 4.42. The molecule has 0 amide bonds. The summed E-state index contributed by atoms with van der Waals surface area (Å²) in [5, 5.41) is 3.59. The number of rotatable bonds is 1. The molecule has 0 aromatic rings. The van der Waals surface area contributed by atoms with E-state index < -0.39 is 0 Å². The van der Waals surface area contributed by atoms with Crippen LogP contribution < -0.4 is 5.32 Å². The van der Waals surface area contributed by atoms with Crippen LogP contribution in [0.1, 0.15) is 40.5 Å². The average Bonchev–Trinajstić information content (AvgIpc) is 2.19. The first kappa shape index (κ1) is 10.0. The SMILES string of the molecule is CCC1CCNC(C)C(C)C1C. The van der Waals surface area contributed by atoms with E-state index in [1.54, 1.807) is 0 Å². The minimum Gasteiger partial charge on any atom is -0.314 e. The van der Waals surface area contributed by atoms with Crippen molar-refractivity contribution in [1.82, 2.24) is 5.32 Å². The van der Waals surface area contributed by atoms with E-state index in [1.807, 2.05) is 0 Å². The van der Waals surface area contributed by atoms with Crippen molar-refractivity contribution in [2.24, 2.45) is 17.8 Å². The van der Waals surface area contributed by atoms with Gasteiger partial charge in [0.2, 0.25) is 0 Å². The van der Waals surface area contributed by atoms with E-state index in [4.69, 9.17) is 0 Å². The molecule has 0 saturated carbocycles. The van der Waals surface area contributed by atoms with Gasteiger partial charge in [0, 0.05) is 6.04 Å². The fourth-order valence-electron chi connectivity index (χ4n) is 2.41. The Balaban J connectivity index is 2.59. The smallest absolute Gasteiger partial charge is 0.00670 e. The van der Waals surface area contributed by atoms with Crippen LogP contribution in [0.3, 0.4) is 0 Å². The molecule has 12 heavy (non-hydrogen) atoms. The van der Waals surface area contributed by atoms with E-state index in [0.717, 1.165) is 17.8 Å². The van der Waals surface area contributed by atoms with Crippen LogP contribution in [0.25, 0.3) is 0 Å². The molecule has 0 aliphatic carbocycles. The highest BCUT2D eigenvalue weighted by Crippen LogP contribution is 2.30. The summed E-state index contributed by atoms with van der Waals surface area (Å²) in [4.78, 5) is 0. The van der Waals surface area contributed by atoms with Crippen molar-refractivity contribution < 1.29 is 0 Å². The predicted molar refractivity (Wildman–Crippen MR) is 54.2 cm³/mol. The first-order valence-electron chi connectivity index (χ1n) is 5.40. The lowest BCUT2D eigenvalue weighted by atomic mass is 9.79. The van der Waals surface area contributed by atoms with E-state index in [0.29, 0.717) is 6.04 Å². The minimum absolute atomic E-state index is 0.705. The summed E-state index contributed by atoms with van der Waals surface area (Å²) in [5.41, 5.74) is 0. The third kappa shape index (κ3) is 2.01. The fourth-order valence-corrected chi connectivity index (χ4v) is 2.41. The van der Waals surface area contributed by atoms with E-state index in [1.165, 1.54) is 19.4 Å².